The predicted molar refractivity (Wildman–Crippen MR) is 144 cm³/mol. The third kappa shape index (κ3) is 5.16. The van der Waals surface area contributed by atoms with Gasteiger partial charge in [0.1, 0.15) is 5.82 Å². The second-order valence-corrected chi connectivity index (χ2v) is 9.59. The first-order valence-corrected chi connectivity index (χ1v) is 12.6. The largest absolute Gasteiger partial charge is 0.339 e. The molecule has 5 rings (SSSR count). The second-order valence-electron chi connectivity index (χ2n) is 9.16. The molecule has 2 amide bonds. The minimum absolute atomic E-state index is 0.0604. The number of benzene rings is 3. The Hall–Kier alpha value is -3.90. The van der Waals surface area contributed by atoms with Crippen LogP contribution in [0.25, 0.3) is 16.9 Å². The summed E-state index contributed by atoms with van der Waals surface area (Å²) in [4.78, 5) is 30.0. The van der Waals surface area contributed by atoms with Gasteiger partial charge >= 0.3 is 0 Å². The summed E-state index contributed by atoms with van der Waals surface area (Å²) < 4.78 is 16.7. The normalized spacial score (nSPS) is 13.6. The van der Waals surface area contributed by atoms with Crippen LogP contribution in [0.4, 0.5) is 4.39 Å². The van der Waals surface area contributed by atoms with Crippen molar-refractivity contribution in [2.24, 2.45) is 0 Å². The van der Waals surface area contributed by atoms with E-state index in [0.29, 0.717) is 60.3 Å². The number of nitrogens with zero attached hydrogens (tertiary/aromatic N) is 3. The van der Waals surface area contributed by atoms with Crippen LogP contribution in [-0.2, 0) is 11.2 Å². The van der Waals surface area contributed by atoms with Crippen molar-refractivity contribution in [2.45, 2.75) is 13.3 Å². The first-order chi connectivity index (χ1) is 17.9. The highest BCUT2D eigenvalue weighted by Gasteiger charge is 2.28. The summed E-state index contributed by atoms with van der Waals surface area (Å²) in [6.07, 6.45) is 0.351. The number of carbonyl (C=O) groups is 2. The molecule has 7 heteroatoms. The summed E-state index contributed by atoms with van der Waals surface area (Å²) >= 11 is 6.09. The Bertz CT molecular complexity index is 1430. The van der Waals surface area contributed by atoms with Crippen LogP contribution in [0.2, 0.25) is 5.02 Å². The molecule has 5 nitrogen and oxygen atoms in total. The van der Waals surface area contributed by atoms with Crippen molar-refractivity contribution < 1.29 is 14.0 Å². The highest BCUT2D eigenvalue weighted by atomic mass is 35.5. The van der Waals surface area contributed by atoms with Crippen LogP contribution >= 0.6 is 11.6 Å². The maximum atomic E-state index is 14.9. The number of halogens is 2. The van der Waals surface area contributed by atoms with E-state index in [1.165, 1.54) is 6.07 Å². The molecule has 0 atom stereocenters. The van der Waals surface area contributed by atoms with Crippen LogP contribution in [-0.4, -0.2) is 52.4 Å². The van der Waals surface area contributed by atoms with Crippen LogP contribution in [0.3, 0.4) is 0 Å². The zero-order valence-electron chi connectivity index (χ0n) is 20.5. The smallest absolute Gasteiger partial charge is 0.255 e. The molecule has 0 unspecified atom stereocenters. The zero-order chi connectivity index (χ0) is 25.9. The van der Waals surface area contributed by atoms with Gasteiger partial charge in [0, 0.05) is 36.9 Å². The number of rotatable bonds is 5. The zero-order valence-corrected chi connectivity index (χ0v) is 21.3. The van der Waals surface area contributed by atoms with E-state index in [9.17, 15) is 14.0 Å². The van der Waals surface area contributed by atoms with Crippen LogP contribution in [0.1, 0.15) is 21.6 Å². The fraction of sp³-hybridized carbons (Fsp3) is 0.200. The van der Waals surface area contributed by atoms with Gasteiger partial charge < -0.3 is 14.4 Å². The van der Waals surface area contributed by atoms with Gasteiger partial charge in [0.2, 0.25) is 5.91 Å². The average Bonchev–Trinajstić information content (AvgIpc) is 3.26. The fourth-order valence-corrected chi connectivity index (χ4v) is 4.94. The van der Waals surface area contributed by atoms with E-state index < -0.39 is 0 Å². The van der Waals surface area contributed by atoms with Crippen LogP contribution < -0.4 is 0 Å². The molecule has 1 aliphatic heterocycles. The van der Waals surface area contributed by atoms with Gasteiger partial charge in [-0.1, -0.05) is 66.2 Å². The maximum Gasteiger partial charge on any atom is 0.255 e. The molecular weight excluding hydrogens is 489 g/mol. The lowest BCUT2D eigenvalue weighted by Crippen LogP contribution is -2.51. The first-order valence-electron chi connectivity index (χ1n) is 12.3. The molecule has 0 radical (unpaired) electrons. The Kier molecular flexibility index (Phi) is 7.10. The quantitative estimate of drug-likeness (QED) is 0.338. The molecule has 3 aromatic carbocycles. The van der Waals surface area contributed by atoms with Gasteiger partial charge in [-0.2, -0.15) is 0 Å². The van der Waals surface area contributed by atoms with Crippen LogP contribution in [0, 0.1) is 12.7 Å². The van der Waals surface area contributed by atoms with E-state index in [4.69, 9.17) is 11.6 Å². The number of hydrogen-bond acceptors (Lipinski definition) is 2. The third-order valence-corrected chi connectivity index (χ3v) is 7.08. The number of hydrogen-bond donors (Lipinski definition) is 0. The SMILES string of the molecule is Cc1c(C(=O)N2CCN(C(=O)Cc3ccccc3)CC2)cc(-c2ccc(Cl)cc2)n1-c1ccccc1F. The Morgan fingerprint density at radius 3 is 2.14 bits per heavy atom. The van der Waals surface area contributed by atoms with Crippen molar-refractivity contribution in [3.8, 4) is 16.9 Å². The molecule has 37 heavy (non-hydrogen) atoms. The van der Waals surface area contributed by atoms with Crippen molar-refractivity contribution >= 4 is 23.4 Å². The van der Waals surface area contributed by atoms with E-state index in [1.54, 1.807) is 39.8 Å². The molecule has 1 aliphatic rings. The molecule has 0 bridgehead atoms. The summed E-state index contributed by atoms with van der Waals surface area (Å²) in [5, 5.41) is 0.598. The van der Waals surface area contributed by atoms with Gasteiger partial charge in [-0.05, 0) is 48.4 Å². The van der Waals surface area contributed by atoms with Crippen molar-refractivity contribution in [3.63, 3.8) is 0 Å². The number of para-hydroxylation sites is 1. The predicted octanol–water partition coefficient (Wildman–Crippen LogP) is 5.77. The Labute approximate surface area is 220 Å². The first kappa shape index (κ1) is 24.8. The fourth-order valence-electron chi connectivity index (χ4n) is 4.81. The van der Waals surface area contributed by atoms with Crippen molar-refractivity contribution in [3.05, 3.63) is 113 Å². The van der Waals surface area contributed by atoms with E-state index in [-0.39, 0.29) is 17.6 Å². The lowest BCUT2D eigenvalue weighted by Gasteiger charge is -2.35. The van der Waals surface area contributed by atoms with E-state index in [0.717, 1.165) is 11.1 Å². The Morgan fingerprint density at radius 1 is 0.838 bits per heavy atom. The van der Waals surface area contributed by atoms with Crippen molar-refractivity contribution in [1.82, 2.24) is 14.4 Å². The van der Waals surface area contributed by atoms with Crippen LogP contribution in [0.5, 0.6) is 0 Å². The van der Waals surface area contributed by atoms with E-state index >= 15 is 0 Å². The number of aromatic nitrogens is 1. The summed E-state index contributed by atoms with van der Waals surface area (Å²) in [7, 11) is 0. The van der Waals surface area contributed by atoms with Gasteiger partial charge in [-0.25, -0.2) is 4.39 Å². The molecule has 0 aliphatic carbocycles. The topological polar surface area (TPSA) is 45.6 Å². The number of piperazine rings is 1. The molecule has 2 heterocycles. The molecule has 4 aromatic rings. The van der Waals surface area contributed by atoms with Gasteiger partial charge in [0.15, 0.2) is 0 Å². The minimum Gasteiger partial charge on any atom is -0.339 e. The lowest BCUT2D eigenvalue weighted by atomic mass is 10.1. The average molecular weight is 516 g/mol. The monoisotopic (exact) mass is 515 g/mol. The standard InChI is InChI=1S/C30H27ClFN3O2/c1-21-25(30(37)34-17-15-33(16-18-34)29(36)19-22-7-3-2-4-8-22)20-28(23-11-13-24(31)14-12-23)35(21)27-10-6-5-9-26(27)32/h2-14,20H,15-19H2,1H3. The number of carbonyl (C=O) groups excluding carboxylic acids is 2. The molecule has 0 spiro atoms. The van der Waals surface area contributed by atoms with Crippen molar-refractivity contribution in [1.29, 1.82) is 0 Å². The number of amides is 2. The maximum absolute atomic E-state index is 14.9. The molecular formula is C30H27ClFN3O2. The molecule has 0 N–H and O–H groups in total. The van der Waals surface area contributed by atoms with Gasteiger partial charge in [-0.15, -0.1) is 0 Å². The van der Waals surface area contributed by atoms with E-state index in [2.05, 4.69) is 0 Å². The van der Waals surface area contributed by atoms with E-state index in [1.807, 2.05) is 60.4 Å². The summed E-state index contributed by atoms with van der Waals surface area (Å²) in [6.45, 7) is 3.68. The molecule has 1 fully saturated rings. The highest BCUT2D eigenvalue weighted by Crippen LogP contribution is 2.32. The molecule has 188 valence electrons. The molecule has 1 saturated heterocycles. The summed E-state index contributed by atoms with van der Waals surface area (Å²) in [5.74, 6) is -0.441. The van der Waals surface area contributed by atoms with Crippen LogP contribution in [0.15, 0.2) is 84.9 Å². The summed E-state index contributed by atoms with van der Waals surface area (Å²) in [5.41, 5.74) is 4.05. The van der Waals surface area contributed by atoms with Gasteiger partial charge in [-0.3, -0.25) is 9.59 Å². The lowest BCUT2D eigenvalue weighted by molar-refractivity contribution is -0.131. The molecule has 0 saturated carbocycles. The van der Waals surface area contributed by atoms with Gasteiger partial charge in [0.05, 0.1) is 23.4 Å². The Morgan fingerprint density at radius 2 is 1.46 bits per heavy atom. The molecule has 1 aromatic heterocycles. The Balaban J connectivity index is 1.39. The summed E-state index contributed by atoms with van der Waals surface area (Å²) in [6, 6.07) is 25.3. The van der Waals surface area contributed by atoms with Crippen molar-refractivity contribution in [2.75, 3.05) is 26.2 Å². The van der Waals surface area contributed by atoms with Gasteiger partial charge in [0.25, 0.3) is 5.91 Å². The third-order valence-electron chi connectivity index (χ3n) is 6.83. The second kappa shape index (κ2) is 10.6. The minimum atomic E-state index is -0.374. The highest BCUT2D eigenvalue weighted by molar-refractivity contribution is 6.30.